The number of ether oxygens (including phenoxy) is 1. The molecule has 5 rings (SSSR count). The first-order valence-corrected chi connectivity index (χ1v) is 14.8. The molecule has 10 heteroatoms. The van der Waals surface area contributed by atoms with Gasteiger partial charge in [-0.2, -0.15) is 0 Å². The third kappa shape index (κ3) is 6.67. The Morgan fingerprint density at radius 2 is 1.95 bits per heavy atom. The lowest BCUT2D eigenvalue weighted by molar-refractivity contribution is 0.306. The van der Waals surface area contributed by atoms with Gasteiger partial charge in [0.1, 0.15) is 41.8 Å². The summed E-state index contributed by atoms with van der Waals surface area (Å²) in [5.41, 5.74) is 3.06. The Morgan fingerprint density at radius 1 is 1.07 bits per heavy atom. The van der Waals surface area contributed by atoms with Crippen LogP contribution < -0.4 is 15.4 Å². The lowest BCUT2D eigenvalue weighted by Gasteiger charge is -2.14. The Bertz CT molecular complexity index is 1660. The molecule has 0 aliphatic heterocycles. The number of aromatic nitrogens is 2. The van der Waals surface area contributed by atoms with Gasteiger partial charge in [-0.1, -0.05) is 30.7 Å². The molecule has 3 aromatic carbocycles. The maximum absolute atomic E-state index is 13.4. The monoisotopic (exact) mass is 578 g/mol. The number of anilines is 2. The van der Waals surface area contributed by atoms with E-state index >= 15 is 0 Å². The van der Waals surface area contributed by atoms with Crippen molar-refractivity contribution in [3.63, 3.8) is 0 Å². The molecule has 2 N–H and O–H groups in total. The van der Waals surface area contributed by atoms with Gasteiger partial charge in [0.05, 0.1) is 16.6 Å². The summed E-state index contributed by atoms with van der Waals surface area (Å²) in [6.07, 6.45) is 3.19. The number of halogens is 2. The quantitative estimate of drug-likeness (QED) is 0.174. The van der Waals surface area contributed by atoms with Gasteiger partial charge in [0.25, 0.3) is 0 Å². The molecular weight excluding hydrogens is 551 g/mol. The number of benzene rings is 3. The molecular formula is C30H28ClFN4O3S. The number of nitrogens with zero attached hydrogens (tertiary/aromatic N) is 2. The smallest absolute Gasteiger partial charge is 0.141 e. The zero-order chi connectivity index (χ0) is 28.1. The van der Waals surface area contributed by atoms with E-state index in [2.05, 4.69) is 20.6 Å². The lowest BCUT2D eigenvalue weighted by atomic mass is 10.1. The van der Waals surface area contributed by atoms with Crippen LogP contribution in [0.4, 0.5) is 15.9 Å². The summed E-state index contributed by atoms with van der Waals surface area (Å²) in [6.45, 7) is 2.95. The van der Waals surface area contributed by atoms with Crippen molar-refractivity contribution in [3.05, 3.63) is 101 Å². The summed E-state index contributed by atoms with van der Waals surface area (Å²) < 4.78 is 37.2. The van der Waals surface area contributed by atoms with Crippen LogP contribution in [0, 0.1) is 5.82 Å². The van der Waals surface area contributed by atoms with Gasteiger partial charge >= 0.3 is 0 Å². The predicted molar refractivity (Wildman–Crippen MR) is 158 cm³/mol. The first-order valence-electron chi connectivity index (χ1n) is 12.7. The SMILES string of the molecule is CCNC(C[S@@](C)=O)c1ccc(-c2ccc3ncnc(Nc4ccc(OCc5cccc(F)c5)c(Cl)c4)c3c2)o1. The van der Waals surface area contributed by atoms with Gasteiger partial charge in [0.2, 0.25) is 0 Å². The van der Waals surface area contributed by atoms with Gasteiger partial charge in [0.15, 0.2) is 0 Å². The number of furan rings is 1. The number of fused-ring (bicyclic) bond motifs is 1. The highest BCUT2D eigenvalue weighted by molar-refractivity contribution is 7.84. The first kappa shape index (κ1) is 27.8. The number of rotatable bonds is 11. The molecule has 40 heavy (non-hydrogen) atoms. The summed E-state index contributed by atoms with van der Waals surface area (Å²) in [4.78, 5) is 8.86. The van der Waals surface area contributed by atoms with E-state index in [-0.39, 0.29) is 18.5 Å². The second kappa shape index (κ2) is 12.6. The molecule has 7 nitrogen and oxygen atoms in total. The fourth-order valence-corrected chi connectivity index (χ4v) is 5.33. The van der Waals surface area contributed by atoms with Crippen molar-refractivity contribution in [2.45, 2.75) is 19.6 Å². The maximum Gasteiger partial charge on any atom is 0.141 e. The van der Waals surface area contributed by atoms with Gasteiger partial charge in [-0.3, -0.25) is 4.21 Å². The van der Waals surface area contributed by atoms with Crippen molar-refractivity contribution in [3.8, 4) is 17.1 Å². The van der Waals surface area contributed by atoms with E-state index in [0.29, 0.717) is 33.7 Å². The van der Waals surface area contributed by atoms with E-state index in [4.69, 9.17) is 20.8 Å². The molecule has 0 fully saturated rings. The molecule has 1 unspecified atom stereocenters. The molecule has 2 heterocycles. The van der Waals surface area contributed by atoms with Crippen molar-refractivity contribution in [1.29, 1.82) is 0 Å². The van der Waals surface area contributed by atoms with E-state index in [9.17, 15) is 8.60 Å². The van der Waals surface area contributed by atoms with Crippen LogP contribution in [0.1, 0.15) is 24.3 Å². The Labute approximate surface area is 239 Å². The number of nitrogens with one attached hydrogen (secondary N) is 2. The largest absolute Gasteiger partial charge is 0.487 e. The summed E-state index contributed by atoms with van der Waals surface area (Å²) in [5, 5.41) is 7.87. The molecule has 0 bridgehead atoms. The molecule has 2 atom stereocenters. The molecule has 0 spiro atoms. The number of hydrogen-bond donors (Lipinski definition) is 2. The summed E-state index contributed by atoms with van der Waals surface area (Å²) in [5.74, 6) is 2.69. The van der Waals surface area contributed by atoms with Gasteiger partial charge in [0, 0.05) is 39.4 Å². The average Bonchev–Trinajstić information content (AvgIpc) is 3.43. The Kier molecular flexibility index (Phi) is 8.74. The topological polar surface area (TPSA) is 89.3 Å². The zero-order valence-electron chi connectivity index (χ0n) is 22.0. The summed E-state index contributed by atoms with van der Waals surface area (Å²) in [6, 6.07) is 21.1. The van der Waals surface area contributed by atoms with Gasteiger partial charge in [-0.15, -0.1) is 0 Å². The minimum Gasteiger partial charge on any atom is -0.487 e. The lowest BCUT2D eigenvalue weighted by Crippen LogP contribution is -2.25. The first-order chi connectivity index (χ1) is 19.4. The van der Waals surface area contributed by atoms with E-state index in [1.807, 2.05) is 43.3 Å². The molecule has 2 aromatic heterocycles. The van der Waals surface area contributed by atoms with Crippen molar-refractivity contribution in [1.82, 2.24) is 15.3 Å². The van der Waals surface area contributed by atoms with Gasteiger partial charge in [-0.25, -0.2) is 14.4 Å². The highest BCUT2D eigenvalue weighted by Crippen LogP contribution is 2.33. The summed E-state index contributed by atoms with van der Waals surface area (Å²) >= 11 is 6.49. The highest BCUT2D eigenvalue weighted by Gasteiger charge is 2.17. The van der Waals surface area contributed by atoms with Crippen LogP contribution in [0.25, 0.3) is 22.2 Å². The van der Waals surface area contributed by atoms with Crippen LogP contribution in [0.3, 0.4) is 0 Å². The van der Waals surface area contributed by atoms with Crippen molar-refractivity contribution in [2.24, 2.45) is 0 Å². The van der Waals surface area contributed by atoms with Crippen LogP contribution >= 0.6 is 11.6 Å². The molecule has 0 radical (unpaired) electrons. The minimum atomic E-state index is -0.967. The third-order valence-corrected chi connectivity index (χ3v) is 7.32. The van der Waals surface area contributed by atoms with Crippen molar-refractivity contribution >= 4 is 44.8 Å². The van der Waals surface area contributed by atoms with E-state index in [1.165, 1.54) is 18.5 Å². The maximum atomic E-state index is 13.4. The normalized spacial score (nSPS) is 12.8. The Balaban J connectivity index is 1.36. The molecule has 0 aliphatic carbocycles. The second-order valence-electron chi connectivity index (χ2n) is 9.20. The number of hydrogen-bond acceptors (Lipinski definition) is 7. The highest BCUT2D eigenvalue weighted by atomic mass is 35.5. The molecule has 5 aromatic rings. The van der Waals surface area contributed by atoms with E-state index in [0.717, 1.165) is 34.5 Å². The van der Waals surface area contributed by atoms with Crippen molar-refractivity contribution in [2.75, 3.05) is 23.9 Å². The van der Waals surface area contributed by atoms with Crippen LogP contribution in [0.2, 0.25) is 5.02 Å². The Morgan fingerprint density at radius 3 is 2.73 bits per heavy atom. The molecule has 206 valence electrons. The van der Waals surface area contributed by atoms with Crippen molar-refractivity contribution < 1.29 is 17.8 Å². The van der Waals surface area contributed by atoms with Crippen LogP contribution in [0.15, 0.2) is 83.5 Å². The summed E-state index contributed by atoms with van der Waals surface area (Å²) in [7, 11) is -0.967. The minimum absolute atomic E-state index is 0.129. The molecule has 0 amide bonds. The average molecular weight is 579 g/mol. The zero-order valence-corrected chi connectivity index (χ0v) is 23.6. The fourth-order valence-electron chi connectivity index (χ4n) is 4.35. The van der Waals surface area contributed by atoms with Gasteiger partial charge < -0.3 is 19.8 Å². The molecule has 0 aliphatic rings. The molecule has 0 saturated carbocycles. The predicted octanol–water partition coefficient (Wildman–Crippen LogP) is 7.03. The fraction of sp³-hybridized carbons (Fsp3) is 0.200. The van der Waals surface area contributed by atoms with E-state index in [1.54, 1.807) is 30.5 Å². The molecule has 0 saturated heterocycles. The standard InChI is InChI=1S/C30H28ClFN4O3S/c1-3-33-26(17-40(2)37)29-12-11-27(39-29)20-7-9-25-23(14-20)30(35-18-34-25)36-22-8-10-28(24(31)15-22)38-16-19-5-4-6-21(32)13-19/h4-15,18,26,33H,3,16-17H2,1-2H3,(H,34,35,36)/t26?,40-/m1/s1. The Hall–Kier alpha value is -3.79. The third-order valence-electron chi connectivity index (χ3n) is 6.22. The second-order valence-corrected chi connectivity index (χ2v) is 11.1. The van der Waals surface area contributed by atoms with Crippen LogP contribution in [0.5, 0.6) is 5.75 Å². The van der Waals surface area contributed by atoms with Crippen LogP contribution in [-0.2, 0) is 17.4 Å². The van der Waals surface area contributed by atoms with E-state index < -0.39 is 10.8 Å². The van der Waals surface area contributed by atoms with Gasteiger partial charge in [-0.05, 0) is 72.8 Å². The van der Waals surface area contributed by atoms with Crippen LogP contribution in [-0.4, -0.2) is 32.7 Å².